The summed E-state index contributed by atoms with van der Waals surface area (Å²) in [5.41, 5.74) is 0.578. The Balaban J connectivity index is 2.54. The van der Waals surface area contributed by atoms with E-state index in [9.17, 15) is 18.4 Å². The standard InChI is InChI=1S/C15H13NO6S/c1-22-15(19)12-4-2-3-5-13(12)16(23(20)21)11-8-6-10(7-9-11)14(17)18/h2-9H,1H3,(H,17,18)(H,20,21). The first-order valence-electron chi connectivity index (χ1n) is 6.37. The second-order valence-corrected chi connectivity index (χ2v) is 5.21. The van der Waals surface area contributed by atoms with E-state index >= 15 is 0 Å². The van der Waals surface area contributed by atoms with Crippen molar-refractivity contribution in [1.29, 1.82) is 0 Å². The highest BCUT2D eigenvalue weighted by molar-refractivity contribution is 7.81. The summed E-state index contributed by atoms with van der Waals surface area (Å²) in [5, 5.41) is 8.91. The number of hydrogen-bond donors (Lipinski definition) is 2. The number of aromatic carboxylic acids is 1. The average molecular weight is 335 g/mol. The van der Waals surface area contributed by atoms with Gasteiger partial charge in [-0.05, 0) is 36.4 Å². The van der Waals surface area contributed by atoms with E-state index in [1.165, 1.54) is 43.5 Å². The lowest BCUT2D eigenvalue weighted by atomic mass is 10.1. The smallest absolute Gasteiger partial charge is 0.340 e. The third-order valence-corrected chi connectivity index (χ3v) is 3.75. The minimum atomic E-state index is -2.47. The molecule has 1 atom stereocenters. The molecular formula is C15H13NO6S. The quantitative estimate of drug-likeness (QED) is 0.642. The van der Waals surface area contributed by atoms with E-state index in [0.29, 0.717) is 0 Å². The fraction of sp³-hybridized carbons (Fsp3) is 0.0667. The zero-order chi connectivity index (χ0) is 17.0. The lowest BCUT2D eigenvalue weighted by molar-refractivity contribution is 0.0601. The molecule has 23 heavy (non-hydrogen) atoms. The van der Waals surface area contributed by atoms with Crippen LogP contribution < -0.4 is 4.31 Å². The SMILES string of the molecule is COC(=O)c1ccccc1N(c1ccc(C(=O)O)cc1)S(=O)O. The van der Waals surface area contributed by atoms with Crippen molar-refractivity contribution in [3.63, 3.8) is 0 Å². The molecule has 0 aliphatic carbocycles. The van der Waals surface area contributed by atoms with Gasteiger partial charge in [-0.3, -0.25) is 4.55 Å². The number of anilines is 2. The van der Waals surface area contributed by atoms with Crippen molar-refractivity contribution in [2.45, 2.75) is 0 Å². The Morgan fingerprint density at radius 2 is 1.70 bits per heavy atom. The number of rotatable bonds is 5. The van der Waals surface area contributed by atoms with Crippen LogP contribution in [0.1, 0.15) is 20.7 Å². The normalized spacial score (nSPS) is 11.6. The lowest BCUT2D eigenvalue weighted by Gasteiger charge is -2.22. The fourth-order valence-corrected chi connectivity index (χ4v) is 2.62. The number of carbonyl (C=O) groups is 2. The van der Waals surface area contributed by atoms with Crippen LogP contribution >= 0.6 is 0 Å². The van der Waals surface area contributed by atoms with Crippen molar-refractivity contribution in [3.8, 4) is 0 Å². The number of para-hydroxylation sites is 1. The van der Waals surface area contributed by atoms with Crippen LogP contribution in [-0.2, 0) is 16.0 Å². The molecule has 1 unspecified atom stereocenters. The van der Waals surface area contributed by atoms with Crippen molar-refractivity contribution in [3.05, 3.63) is 59.7 Å². The van der Waals surface area contributed by atoms with Gasteiger partial charge in [0.1, 0.15) is 0 Å². The number of carbonyl (C=O) groups excluding carboxylic acids is 1. The summed E-state index contributed by atoms with van der Waals surface area (Å²) in [6, 6.07) is 11.5. The van der Waals surface area contributed by atoms with Crippen molar-refractivity contribution < 1.29 is 28.2 Å². The maximum Gasteiger partial charge on any atom is 0.340 e. The van der Waals surface area contributed by atoms with Crippen LogP contribution in [0.5, 0.6) is 0 Å². The summed E-state index contributed by atoms with van der Waals surface area (Å²) in [4.78, 5) is 22.7. The molecule has 8 heteroatoms. The summed E-state index contributed by atoms with van der Waals surface area (Å²) in [6.45, 7) is 0. The second-order valence-electron chi connectivity index (χ2n) is 4.39. The molecule has 2 aromatic rings. The zero-order valence-corrected chi connectivity index (χ0v) is 12.8. The minimum absolute atomic E-state index is 0.0404. The molecule has 120 valence electrons. The van der Waals surface area contributed by atoms with Gasteiger partial charge in [0.2, 0.25) is 0 Å². The largest absolute Gasteiger partial charge is 0.478 e. The van der Waals surface area contributed by atoms with Gasteiger partial charge in [0.05, 0.1) is 29.6 Å². The van der Waals surface area contributed by atoms with Gasteiger partial charge in [-0.15, -0.1) is 0 Å². The highest BCUT2D eigenvalue weighted by atomic mass is 32.2. The summed E-state index contributed by atoms with van der Waals surface area (Å²) in [7, 11) is 1.21. The Morgan fingerprint density at radius 3 is 2.22 bits per heavy atom. The maximum absolute atomic E-state index is 11.8. The minimum Gasteiger partial charge on any atom is -0.478 e. The van der Waals surface area contributed by atoms with Gasteiger partial charge in [0, 0.05) is 0 Å². The summed E-state index contributed by atoms with van der Waals surface area (Å²) >= 11 is -2.47. The number of carboxylic acids is 1. The van der Waals surface area contributed by atoms with Crippen LogP contribution in [0.4, 0.5) is 11.4 Å². The van der Waals surface area contributed by atoms with Gasteiger partial charge in [-0.2, -0.15) is 0 Å². The molecule has 0 saturated carbocycles. The maximum atomic E-state index is 11.8. The van der Waals surface area contributed by atoms with Crippen LogP contribution in [0.3, 0.4) is 0 Å². The molecule has 2 aromatic carbocycles. The first-order chi connectivity index (χ1) is 11.0. The van der Waals surface area contributed by atoms with Gasteiger partial charge < -0.3 is 9.84 Å². The number of ether oxygens (including phenoxy) is 1. The second kappa shape index (κ2) is 7.03. The molecule has 0 amide bonds. The highest BCUT2D eigenvalue weighted by Gasteiger charge is 2.22. The number of esters is 1. The predicted octanol–water partition coefficient (Wildman–Crippen LogP) is 2.45. The fourth-order valence-electron chi connectivity index (χ4n) is 1.99. The average Bonchev–Trinajstić information content (AvgIpc) is 2.55. The molecule has 0 aromatic heterocycles. The van der Waals surface area contributed by atoms with E-state index in [-0.39, 0.29) is 22.5 Å². The van der Waals surface area contributed by atoms with Crippen molar-refractivity contribution in [2.24, 2.45) is 0 Å². The molecular weight excluding hydrogens is 322 g/mol. The van der Waals surface area contributed by atoms with Gasteiger partial charge in [0.25, 0.3) is 11.3 Å². The van der Waals surface area contributed by atoms with E-state index in [1.54, 1.807) is 12.1 Å². The summed E-state index contributed by atoms with van der Waals surface area (Å²) < 4.78 is 27.0. The van der Waals surface area contributed by atoms with Crippen molar-refractivity contribution in [2.75, 3.05) is 11.4 Å². The molecule has 7 nitrogen and oxygen atoms in total. The zero-order valence-electron chi connectivity index (χ0n) is 12.0. The summed E-state index contributed by atoms with van der Waals surface area (Å²) in [5.74, 6) is -1.76. The van der Waals surface area contributed by atoms with Crippen LogP contribution in [0.2, 0.25) is 0 Å². The van der Waals surface area contributed by atoms with Crippen LogP contribution in [0.25, 0.3) is 0 Å². The monoisotopic (exact) mass is 335 g/mol. The number of benzene rings is 2. The van der Waals surface area contributed by atoms with Gasteiger partial charge in [-0.1, -0.05) is 12.1 Å². The Labute approximate surface area is 134 Å². The molecule has 0 radical (unpaired) electrons. The Morgan fingerprint density at radius 1 is 1.09 bits per heavy atom. The molecule has 0 spiro atoms. The number of methoxy groups -OCH3 is 1. The van der Waals surface area contributed by atoms with Crippen LogP contribution in [0, 0.1) is 0 Å². The van der Waals surface area contributed by atoms with Crippen LogP contribution in [-0.4, -0.2) is 32.9 Å². The van der Waals surface area contributed by atoms with Gasteiger partial charge in [0.15, 0.2) is 0 Å². The number of hydrogen-bond acceptors (Lipinski definition) is 4. The van der Waals surface area contributed by atoms with E-state index in [1.807, 2.05) is 0 Å². The van der Waals surface area contributed by atoms with Gasteiger partial charge in [-0.25, -0.2) is 18.1 Å². The first-order valence-corrected chi connectivity index (χ1v) is 7.44. The summed E-state index contributed by atoms with van der Waals surface area (Å²) in [6.07, 6.45) is 0. The molecule has 0 aliphatic heterocycles. The molecule has 2 N–H and O–H groups in total. The third-order valence-electron chi connectivity index (χ3n) is 3.03. The first kappa shape index (κ1) is 16.7. The molecule has 0 heterocycles. The van der Waals surface area contributed by atoms with Crippen molar-refractivity contribution in [1.82, 2.24) is 0 Å². The Bertz CT molecular complexity index is 759. The van der Waals surface area contributed by atoms with E-state index in [4.69, 9.17) is 5.11 Å². The number of carboxylic acid groups (broad SMARTS) is 1. The molecule has 0 aliphatic rings. The highest BCUT2D eigenvalue weighted by Crippen LogP contribution is 2.30. The van der Waals surface area contributed by atoms with E-state index in [2.05, 4.69) is 4.74 Å². The predicted molar refractivity (Wildman–Crippen MR) is 84.1 cm³/mol. The molecule has 0 fully saturated rings. The van der Waals surface area contributed by atoms with E-state index in [0.717, 1.165) is 4.31 Å². The Hall–Kier alpha value is -2.71. The third kappa shape index (κ3) is 3.55. The van der Waals surface area contributed by atoms with E-state index < -0.39 is 23.2 Å². The van der Waals surface area contributed by atoms with Gasteiger partial charge >= 0.3 is 11.9 Å². The molecule has 0 saturated heterocycles. The van der Waals surface area contributed by atoms with Crippen LogP contribution in [0.15, 0.2) is 48.5 Å². The topological polar surface area (TPSA) is 104 Å². The Kier molecular flexibility index (Phi) is 5.09. The number of nitrogens with zero attached hydrogens (tertiary/aromatic N) is 1. The molecule has 0 bridgehead atoms. The molecule has 2 rings (SSSR count). The lowest BCUT2D eigenvalue weighted by Crippen LogP contribution is -2.22. The van der Waals surface area contributed by atoms with Crippen molar-refractivity contribution >= 4 is 34.6 Å².